The molecule has 0 amide bonds. The molecule has 0 spiro atoms. The van der Waals surface area contributed by atoms with Gasteiger partial charge in [-0.25, -0.2) is 8.42 Å². The van der Waals surface area contributed by atoms with Crippen LogP contribution in [0.25, 0.3) is 0 Å². The molecule has 18 heavy (non-hydrogen) atoms. The maximum Gasteiger partial charge on any atom is 0.151 e. The molecule has 1 aromatic heterocycles. The fraction of sp³-hybridized carbons (Fsp3) is 0.727. The van der Waals surface area contributed by atoms with E-state index >= 15 is 0 Å². The van der Waals surface area contributed by atoms with Gasteiger partial charge in [0.05, 0.1) is 23.7 Å². The van der Waals surface area contributed by atoms with Crippen LogP contribution in [0.1, 0.15) is 18.0 Å². The topological polar surface area (TPSA) is 81.2 Å². The second-order valence-corrected chi connectivity index (χ2v) is 7.04. The van der Waals surface area contributed by atoms with Crippen molar-refractivity contribution in [2.24, 2.45) is 12.8 Å². The molecule has 1 aliphatic heterocycles. The van der Waals surface area contributed by atoms with E-state index in [2.05, 4.69) is 10.00 Å². The maximum atomic E-state index is 11.6. The van der Waals surface area contributed by atoms with Crippen molar-refractivity contribution in [2.75, 3.05) is 31.1 Å². The highest BCUT2D eigenvalue weighted by Crippen LogP contribution is 2.21. The van der Waals surface area contributed by atoms with Crippen LogP contribution in [0.15, 0.2) is 12.4 Å². The van der Waals surface area contributed by atoms with Crippen molar-refractivity contribution in [3.8, 4) is 0 Å². The number of nitrogens with two attached hydrogens (primary N) is 1. The lowest BCUT2D eigenvalue weighted by Gasteiger charge is -2.28. The average Bonchev–Trinajstić information content (AvgIpc) is 2.64. The molecule has 6 nitrogen and oxygen atoms in total. The molecule has 102 valence electrons. The van der Waals surface area contributed by atoms with Gasteiger partial charge in [0.15, 0.2) is 9.84 Å². The number of hydrogen-bond donors (Lipinski definition) is 1. The first kappa shape index (κ1) is 13.5. The molecule has 1 saturated heterocycles. The summed E-state index contributed by atoms with van der Waals surface area (Å²) in [5.74, 6) is 0.512. The van der Waals surface area contributed by atoms with Gasteiger partial charge in [0, 0.05) is 31.9 Å². The molecule has 0 saturated carbocycles. The van der Waals surface area contributed by atoms with Gasteiger partial charge in [-0.15, -0.1) is 0 Å². The number of sulfone groups is 1. The molecule has 2 rings (SSSR count). The highest BCUT2D eigenvalue weighted by Gasteiger charge is 2.25. The van der Waals surface area contributed by atoms with E-state index in [1.165, 1.54) is 0 Å². The normalized spacial score (nSPS) is 22.6. The molecule has 0 aliphatic carbocycles. The fourth-order valence-corrected chi connectivity index (χ4v) is 3.66. The summed E-state index contributed by atoms with van der Waals surface area (Å²) >= 11 is 0. The molecular formula is C11H20N4O2S. The first-order valence-corrected chi connectivity index (χ1v) is 7.97. The van der Waals surface area contributed by atoms with Gasteiger partial charge in [-0.3, -0.25) is 9.58 Å². The molecule has 1 atom stereocenters. The van der Waals surface area contributed by atoms with Crippen LogP contribution in [0, 0.1) is 0 Å². The van der Waals surface area contributed by atoms with Gasteiger partial charge in [-0.05, 0) is 13.0 Å². The van der Waals surface area contributed by atoms with Gasteiger partial charge >= 0.3 is 0 Å². The summed E-state index contributed by atoms with van der Waals surface area (Å²) in [6.07, 6.45) is 4.42. The van der Waals surface area contributed by atoms with Crippen LogP contribution in [0.2, 0.25) is 0 Å². The Labute approximate surface area is 108 Å². The van der Waals surface area contributed by atoms with E-state index in [4.69, 9.17) is 5.73 Å². The van der Waals surface area contributed by atoms with Crippen LogP contribution < -0.4 is 5.73 Å². The van der Waals surface area contributed by atoms with Gasteiger partial charge < -0.3 is 5.73 Å². The van der Waals surface area contributed by atoms with Crippen LogP contribution in [0.3, 0.4) is 0 Å². The number of hydrogen-bond acceptors (Lipinski definition) is 5. The molecular weight excluding hydrogens is 252 g/mol. The minimum atomic E-state index is -2.87. The Bertz CT molecular complexity index is 497. The fourth-order valence-electron chi connectivity index (χ4n) is 2.38. The Morgan fingerprint density at radius 3 is 2.83 bits per heavy atom. The molecule has 7 heteroatoms. The van der Waals surface area contributed by atoms with Crippen molar-refractivity contribution in [3.05, 3.63) is 18.0 Å². The van der Waals surface area contributed by atoms with Crippen molar-refractivity contribution in [2.45, 2.75) is 12.5 Å². The molecule has 0 bridgehead atoms. The largest absolute Gasteiger partial charge is 0.329 e. The standard InChI is InChI=1S/C11H20N4O2S/c1-14-9-10(8-13-14)11(7-12)15-3-2-5-18(16,17)6-4-15/h8-9,11H,2-7,12H2,1H3. The Balaban J connectivity index is 2.13. The Morgan fingerprint density at radius 2 is 2.22 bits per heavy atom. The summed E-state index contributed by atoms with van der Waals surface area (Å²) in [4.78, 5) is 2.15. The van der Waals surface area contributed by atoms with E-state index in [-0.39, 0.29) is 17.5 Å². The lowest BCUT2D eigenvalue weighted by Crippen LogP contribution is -2.35. The summed E-state index contributed by atoms with van der Waals surface area (Å²) < 4.78 is 24.9. The highest BCUT2D eigenvalue weighted by molar-refractivity contribution is 7.91. The quantitative estimate of drug-likeness (QED) is 0.805. The predicted octanol–water partition coefficient (Wildman–Crippen LogP) is -0.460. The third-order valence-electron chi connectivity index (χ3n) is 3.36. The highest BCUT2D eigenvalue weighted by atomic mass is 32.2. The molecule has 2 N–H and O–H groups in total. The SMILES string of the molecule is Cn1cc(C(CN)N2CCCS(=O)(=O)CC2)cn1. The lowest BCUT2D eigenvalue weighted by molar-refractivity contribution is 0.218. The molecule has 0 radical (unpaired) electrons. The summed E-state index contributed by atoms with van der Waals surface area (Å²) in [6, 6.07) is 0.0620. The third-order valence-corrected chi connectivity index (χ3v) is 5.08. The monoisotopic (exact) mass is 272 g/mol. The van der Waals surface area contributed by atoms with Gasteiger partial charge in [0.2, 0.25) is 0 Å². The van der Waals surface area contributed by atoms with E-state index in [9.17, 15) is 8.42 Å². The minimum absolute atomic E-state index is 0.0620. The summed E-state index contributed by atoms with van der Waals surface area (Å²) in [7, 11) is -1.01. The van der Waals surface area contributed by atoms with Crippen LogP contribution >= 0.6 is 0 Å². The van der Waals surface area contributed by atoms with Crippen LogP contribution in [0.5, 0.6) is 0 Å². The minimum Gasteiger partial charge on any atom is -0.329 e. The molecule has 1 unspecified atom stereocenters. The van der Waals surface area contributed by atoms with Gasteiger partial charge in [0.1, 0.15) is 0 Å². The second kappa shape index (κ2) is 5.38. The van der Waals surface area contributed by atoms with E-state index < -0.39 is 9.84 Å². The van der Waals surface area contributed by atoms with Gasteiger partial charge in [-0.2, -0.15) is 5.10 Å². The van der Waals surface area contributed by atoms with Crippen molar-refractivity contribution >= 4 is 9.84 Å². The van der Waals surface area contributed by atoms with Crippen molar-refractivity contribution in [1.82, 2.24) is 14.7 Å². The van der Waals surface area contributed by atoms with Crippen molar-refractivity contribution in [3.63, 3.8) is 0 Å². The van der Waals surface area contributed by atoms with Crippen molar-refractivity contribution < 1.29 is 8.42 Å². The van der Waals surface area contributed by atoms with Crippen LogP contribution in [-0.4, -0.2) is 54.2 Å². The van der Waals surface area contributed by atoms with E-state index in [1.807, 2.05) is 13.2 Å². The lowest BCUT2D eigenvalue weighted by atomic mass is 10.1. The van der Waals surface area contributed by atoms with Gasteiger partial charge in [0.25, 0.3) is 0 Å². The Hall–Kier alpha value is -0.920. The zero-order valence-electron chi connectivity index (χ0n) is 10.6. The zero-order valence-corrected chi connectivity index (χ0v) is 11.4. The van der Waals surface area contributed by atoms with Crippen LogP contribution in [-0.2, 0) is 16.9 Å². The van der Waals surface area contributed by atoms with E-state index in [1.54, 1.807) is 10.9 Å². The molecule has 1 fully saturated rings. The average molecular weight is 272 g/mol. The first-order chi connectivity index (χ1) is 8.52. The summed E-state index contributed by atoms with van der Waals surface area (Å²) in [6.45, 7) is 1.81. The second-order valence-electron chi connectivity index (χ2n) is 4.74. The van der Waals surface area contributed by atoms with Crippen LogP contribution in [0.4, 0.5) is 0 Å². The summed E-state index contributed by atoms with van der Waals surface area (Å²) in [5, 5.41) is 4.15. The maximum absolute atomic E-state index is 11.6. The first-order valence-electron chi connectivity index (χ1n) is 6.15. The Kier molecular flexibility index (Phi) is 4.04. The molecule has 0 aromatic carbocycles. The molecule has 1 aromatic rings. The smallest absolute Gasteiger partial charge is 0.151 e. The zero-order chi connectivity index (χ0) is 13.2. The number of nitrogens with zero attached hydrogens (tertiary/aromatic N) is 3. The number of aryl methyl sites for hydroxylation is 1. The third kappa shape index (κ3) is 3.09. The van der Waals surface area contributed by atoms with E-state index in [0.29, 0.717) is 19.5 Å². The summed E-state index contributed by atoms with van der Waals surface area (Å²) in [5.41, 5.74) is 6.89. The Morgan fingerprint density at radius 1 is 1.44 bits per heavy atom. The molecule has 2 heterocycles. The van der Waals surface area contributed by atoms with Crippen molar-refractivity contribution in [1.29, 1.82) is 0 Å². The van der Waals surface area contributed by atoms with Gasteiger partial charge in [-0.1, -0.05) is 0 Å². The molecule has 1 aliphatic rings. The number of aromatic nitrogens is 2. The predicted molar refractivity (Wildman–Crippen MR) is 69.8 cm³/mol. The van der Waals surface area contributed by atoms with E-state index in [0.717, 1.165) is 12.1 Å². The number of rotatable bonds is 3.